The molecule has 0 aliphatic carbocycles. The van der Waals surface area contributed by atoms with Crippen molar-refractivity contribution in [1.82, 2.24) is 15.4 Å². The van der Waals surface area contributed by atoms with Crippen LogP contribution in [0.15, 0.2) is 22.5 Å². The van der Waals surface area contributed by atoms with Gasteiger partial charge in [-0.25, -0.2) is 13.1 Å². The summed E-state index contributed by atoms with van der Waals surface area (Å²) in [6.07, 6.45) is 0.945. The molecule has 1 aromatic rings. The molecule has 1 heterocycles. The SMILES string of the molecule is CCS(=O)(=O)NCCNC(=NC)NCCc1cccs1. The van der Waals surface area contributed by atoms with Crippen LogP contribution in [0.1, 0.15) is 11.8 Å². The molecule has 8 heteroatoms. The number of hydrogen-bond acceptors (Lipinski definition) is 4. The lowest BCUT2D eigenvalue weighted by atomic mass is 10.3. The molecule has 0 saturated carbocycles. The van der Waals surface area contributed by atoms with E-state index in [1.807, 2.05) is 6.07 Å². The predicted molar refractivity (Wildman–Crippen MR) is 84.9 cm³/mol. The Balaban J connectivity index is 2.17. The average molecular weight is 318 g/mol. The highest BCUT2D eigenvalue weighted by atomic mass is 32.2. The van der Waals surface area contributed by atoms with Gasteiger partial charge in [0.25, 0.3) is 0 Å². The Morgan fingerprint density at radius 2 is 2.05 bits per heavy atom. The molecule has 1 aromatic heterocycles. The number of nitrogens with one attached hydrogen (secondary N) is 3. The first-order valence-electron chi connectivity index (χ1n) is 6.51. The summed E-state index contributed by atoms with van der Waals surface area (Å²) in [7, 11) is -1.43. The van der Waals surface area contributed by atoms with E-state index in [2.05, 4.69) is 31.8 Å². The minimum absolute atomic E-state index is 0.0980. The van der Waals surface area contributed by atoms with Crippen molar-refractivity contribution in [3.8, 4) is 0 Å². The van der Waals surface area contributed by atoms with Gasteiger partial charge in [0, 0.05) is 31.6 Å². The van der Waals surface area contributed by atoms with Crippen LogP contribution in [0, 0.1) is 0 Å². The Bertz CT molecular complexity index is 498. The molecule has 0 spiro atoms. The number of hydrogen-bond donors (Lipinski definition) is 3. The van der Waals surface area contributed by atoms with Gasteiger partial charge in [-0.15, -0.1) is 11.3 Å². The van der Waals surface area contributed by atoms with Gasteiger partial charge in [-0.05, 0) is 24.8 Å². The van der Waals surface area contributed by atoms with Crippen LogP contribution in [0.2, 0.25) is 0 Å². The van der Waals surface area contributed by atoms with E-state index < -0.39 is 10.0 Å². The van der Waals surface area contributed by atoms with Crippen molar-refractivity contribution in [2.45, 2.75) is 13.3 Å². The minimum atomic E-state index is -3.12. The zero-order valence-corrected chi connectivity index (χ0v) is 13.5. The molecule has 0 aliphatic rings. The smallest absolute Gasteiger partial charge is 0.211 e. The van der Waals surface area contributed by atoms with E-state index in [0.717, 1.165) is 13.0 Å². The molecule has 0 aliphatic heterocycles. The van der Waals surface area contributed by atoms with Crippen LogP contribution in [-0.4, -0.2) is 46.8 Å². The van der Waals surface area contributed by atoms with Crippen LogP contribution in [0.3, 0.4) is 0 Å². The molecule has 0 atom stereocenters. The van der Waals surface area contributed by atoms with Crippen molar-refractivity contribution in [1.29, 1.82) is 0 Å². The topological polar surface area (TPSA) is 82.6 Å². The largest absolute Gasteiger partial charge is 0.356 e. The lowest BCUT2D eigenvalue weighted by molar-refractivity contribution is 0.582. The zero-order valence-electron chi connectivity index (χ0n) is 11.8. The van der Waals surface area contributed by atoms with Crippen molar-refractivity contribution in [2.24, 2.45) is 4.99 Å². The Morgan fingerprint density at radius 1 is 1.30 bits per heavy atom. The van der Waals surface area contributed by atoms with Crippen LogP contribution in [0.4, 0.5) is 0 Å². The number of nitrogens with zero attached hydrogens (tertiary/aromatic N) is 1. The van der Waals surface area contributed by atoms with Crippen molar-refractivity contribution in [2.75, 3.05) is 32.4 Å². The summed E-state index contributed by atoms with van der Waals surface area (Å²) in [6, 6.07) is 4.13. The fourth-order valence-corrected chi connectivity index (χ4v) is 2.80. The quantitative estimate of drug-likeness (QED) is 0.368. The molecular formula is C12H22N4O2S2. The summed E-state index contributed by atoms with van der Waals surface area (Å²) in [5, 5.41) is 8.31. The second kappa shape index (κ2) is 8.93. The third kappa shape index (κ3) is 6.88. The summed E-state index contributed by atoms with van der Waals surface area (Å²) in [6.45, 7) is 3.25. The van der Waals surface area contributed by atoms with E-state index in [1.54, 1.807) is 25.3 Å². The third-order valence-corrected chi connectivity index (χ3v) is 4.93. The van der Waals surface area contributed by atoms with Gasteiger partial charge in [-0.3, -0.25) is 4.99 Å². The molecule has 0 fully saturated rings. The minimum Gasteiger partial charge on any atom is -0.356 e. The number of thiophene rings is 1. The maximum atomic E-state index is 11.2. The molecule has 114 valence electrons. The van der Waals surface area contributed by atoms with Gasteiger partial charge >= 0.3 is 0 Å². The molecule has 1 rings (SSSR count). The predicted octanol–water partition coefficient (Wildman–Crippen LogP) is 0.395. The van der Waals surface area contributed by atoms with Gasteiger partial charge < -0.3 is 10.6 Å². The molecule has 20 heavy (non-hydrogen) atoms. The van der Waals surface area contributed by atoms with Crippen LogP contribution in [0.25, 0.3) is 0 Å². The first kappa shape index (κ1) is 16.9. The van der Waals surface area contributed by atoms with Gasteiger partial charge in [-0.1, -0.05) is 6.07 Å². The van der Waals surface area contributed by atoms with Crippen molar-refractivity contribution < 1.29 is 8.42 Å². The molecule has 0 bridgehead atoms. The van der Waals surface area contributed by atoms with Gasteiger partial charge in [0.15, 0.2) is 5.96 Å². The van der Waals surface area contributed by atoms with Crippen LogP contribution in [0.5, 0.6) is 0 Å². The number of sulfonamides is 1. The first-order chi connectivity index (χ1) is 9.57. The zero-order chi connectivity index (χ0) is 14.8. The van der Waals surface area contributed by atoms with E-state index in [-0.39, 0.29) is 5.75 Å². The number of guanidine groups is 1. The monoisotopic (exact) mass is 318 g/mol. The van der Waals surface area contributed by atoms with E-state index in [9.17, 15) is 8.42 Å². The van der Waals surface area contributed by atoms with Crippen LogP contribution in [-0.2, 0) is 16.4 Å². The van der Waals surface area contributed by atoms with E-state index in [1.165, 1.54) is 4.88 Å². The standard InChI is InChI=1S/C12H22N4O2S2/c1-3-20(17,18)16-9-8-15-12(13-2)14-7-6-11-5-4-10-19-11/h4-5,10,16H,3,6-9H2,1-2H3,(H2,13,14,15). The Morgan fingerprint density at radius 3 is 2.65 bits per heavy atom. The summed E-state index contributed by atoms with van der Waals surface area (Å²) in [4.78, 5) is 5.40. The average Bonchev–Trinajstić information content (AvgIpc) is 2.94. The van der Waals surface area contributed by atoms with Crippen LogP contribution < -0.4 is 15.4 Å². The summed E-state index contributed by atoms with van der Waals surface area (Å²) >= 11 is 1.73. The Hall–Kier alpha value is -1.12. The molecule has 0 saturated heterocycles. The summed E-state index contributed by atoms with van der Waals surface area (Å²) in [5.41, 5.74) is 0. The van der Waals surface area contributed by atoms with E-state index >= 15 is 0 Å². The fraction of sp³-hybridized carbons (Fsp3) is 0.583. The highest BCUT2D eigenvalue weighted by molar-refractivity contribution is 7.89. The lowest BCUT2D eigenvalue weighted by Gasteiger charge is -2.11. The second-order valence-electron chi connectivity index (χ2n) is 4.05. The second-order valence-corrected chi connectivity index (χ2v) is 7.18. The molecule has 0 amide bonds. The molecule has 0 aromatic carbocycles. The highest BCUT2D eigenvalue weighted by Gasteiger charge is 2.04. The lowest BCUT2D eigenvalue weighted by Crippen LogP contribution is -2.42. The molecule has 6 nitrogen and oxygen atoms in total. The Kier molecular flexibility index (Phi) is 7.56. The van der Waals surface area contributed by atoms with Gasteiger partial charge in [0.05, 0.1) is 5.75 Å². The van der Waals surface area contributed by atoms with Crippen molar-refractivity contribution in [3.05, 3.63) is 22.4 Å². The van der Waals surface area contributed by atoms with E-state index in [4.69, 9.17) is 0 Å². The van der Waals surface area contributed by atoms with Crippen molar-refractivity contribution >= 4 is 27.3 Å². The maximum Gasteiger partial charge on any atom is 0.211 e. The molecular weight excluding hydrogens is 296 g/mol. The molecule has 0 unspecified atom stereocenters. The highest BCUT2D eigenvalue weighted by Crippen LogP contribution is 2.07. The van der Waals surface area contributed by atoms with Gasteiger partial charge in [-0.2, -0.15) is 0 Å². The van der Waals surface area contributed by atoms with E-state index in [0.29, 0.717) is 19.0 Å². The summed E-state index contributed by atoms with van der Waals surface area (Å²) in [5.74, 6) is 0.776. The summed E-state index contributed by atoms with van der Waals surface area (Å²) < 4.78 is 25.0. The maximum absolute atomic E-state index is 11.2. The molecule has 3 N–H and O–H groups in total. The number of aliphatic imine (C=N–C) groups is 1. The third-order valence-electron chi connectivity index (χ3n) is 2.59. The van der Waals surface area contributed by atoms with Crippen molar-refractivity contribution in [3.63, 3.8) is 0 Å². The number of rotatable bonds is 8. The Labute approximate surface area is 124 Å². The normalized spacial score (nSPS) is 12.4. The van der Waals surface area contributed by atoms with Crippen LogP contribution >= 0.6 is 11.3 Å². The van der Waals surface area contributed by atoms with Gasteiger partial charge in [0.1, 0.15) is 0 Å². The van der Waals surface area contributed by atoms with Gasteiger partial charge in [0.2, 0.25) is 10.0 Å². The fourth-order valence-electron chi connectivity index (χ4n) is 1.47. The first-order valence-corrected chi connectivity index (χ1v) is 9.05. The molecule has 0 radical (unpaired) electrons.